The number of carbonyl (C=O) groups is 2. The minimum Gasteiger partial charge on any atom is -0.491 e. The number of hydrogen-bond donors (Lipinski definition) is 1. The standard InChI is InChI=1S/C27H26N2O5/c1-26(2)20-9-15(32-12-16-13-33-27(3,4)34-16)6-8-18(20)24(30)23-17-7-5-14(11-28)22(25(29)31)19(17)10-21(23)26/h5-9,16H,10,12-13H2,1-4H3,(H2,29,31)/t16-/m0/s1. The van der Waals surface area contributed by atoms with Crippen molar-refractivity contribution in [1.29, 1.82) is 5.26 Å². The van der Waals surface area contributed by atoms with Crippen LogP contribution in [0.2, 0.25) is 0 Å². The number of allylic oxidation sites excluding steroid dienone is 2. The van der Waals surface area contributed by atoms with Crippen molar-refractivity contribution in [3.63, 3.8) is 0 Å². The van der Waals surface area contributed by atoms with Gasteiger partial charge in [0.25, 0.3) is 0 Å². The lowest BCUT2D eigenvalue weighted by Gasteiger charge is -2.34. The number of fused-ring (bicyclic) bond motifs is 3. The second-order valence-corrected chi connectivity index (χ2v) is 9.94. The monoisotopic (exact) mass is 458 g/mol. The fraction of sp³-hybridized carbons (Fsp3) is 0.370. The number of rotatable bonds is 4. The minimum absolute atomic E-state index is 0.0935. The van der Waals surface area contributed by atoms with Crippen LogP contribution in [0.3, 0.4) is 0 Å². The Labute approximate surface area is 198 Å². The molecule has 0 spiro atoms. The van der Waals surface area contributed by atoms with Crippen molar-refractivity contribution >= 4 is 17.3 Å². The number of amides is 1. The smallest absolute Gasteiger partial charge is 0.250 e. The van der Waals surface area contributed by atoms with E-state index in [-0.39, 0.29) is 23.0 Å². The summed E-state index contributed by atoms with van der Waals surface area (Å²) in [6.07, 6.45) is 0.227. The molecule has 0 bridgehead atoms. The predicted molar refractivity (Wildman–Crippen MR) is 124 cm³/mol. The third kappa shape index (κ3) is 3.33. The van der Waals surface area contributed by atoms with Crippen LogP contribution in [0.4, 0.5) is 0 Å². The molecule has 7 nitrogen and oxygen atoms in total. The van der Waals surface area contributed by atoms with E-state index in [1.165, 1.54) is 0 Å². The van der Waals surface area contributed by atoms with Gasteiger partial charge in [0, 0.05) is 16.6 Å². The van der Waals surface area contributed by atoms with Crippen LogP contribution in [0.5, 0.6) is 5.75 Å². The molecular formula is C27H26N2O5. The fourth-order valence-electron chi connectivity index (χ4n) is 5.32. The van der Waals surface area contributed by atoms with E-state index in [1.54, 1.807) is 24.3 Å². The van der Waals surface area contributed by atoms with E-state index in [9.17, 15) is 14.9 Å². The van der Waals surface area contributed by atoms with Gasteiger partial charge in [-0.05, 0) is 66.8 Å². The average Bonchev–Trinajstić information content (AvgIpc) is 3.35. The van der Waals surface area contributed by atoms with E-state index in [4.69, 9.17) is 19.9 Å². The molecule has 0 unspecified atom stereocenters. The number of carbonyl (C=O) groups excluding carboxylic acids is 2. The van der Waals surface area contributed by atoms with Crippen molar-refractivity contribution in [2.24, 2.45) is 5.73 Å². The van der Waals surface area contributed by atoms with Gasteiger partial charge in [0.1, 0.15) is 18.5 Å². The first-order valence-corrected chi connectivity index (χ1v) is 11.3. The largest absolute Gasteiger partial charge is 0.491 e. The Kier molecular flexibility index (Phi) is 4.94. The van der Waals surface area contributed by atoms with Gasteiger partial charge in [-0.25, -0.2) is 0 Å². The molecule has 2 aliphatic carbocycles. The van der Waals surface area contributed by atoms with Crippen molar-refractivity contribution < 1.29 is 23.8 Å². The van der Waals surface area contributed by atoms with Crippen LogP contribution in [-0.2, 0) is 21.3 Å². The van der Waals surface area contributed by atoms with Gasteiger partial charge in [-0.2, -0.15) is 5.26 Å². The maximum absolute atomic E-state index is 13.6. The van der Waals surface area contributed by atoms with Crippen LogP contribution in [0, 0.1) is 11.3 Å². The highest BCUT2D eigenvalue weighted by Crippen LogP contribution is 2.51. The second kappa shape index (κ2) is 7.52. The van der Waals surface area contributed by atoms with Crippen molar-refractivity contribution in [1.82, 2.24) is 0 Å². The van der Waals surface area contributed by atoms with Crippen LogP contribution in [0.1, 0.15) is 70.7 Å². The van der Waals surface area contributed by atoms with Gasteiger partial charge < -0.3 is 19.9 Å². The molecule has 1 atom stereocenters. The Morgan fingerprint density at radius 3 is 2.59 bits per heavy atom. The molecule has 1 fully saturated rings. The number of hydrogen-bond acceptors (Lipinski definition) is 6. The molecule has 2 aromatic carbocycles. The molecule has 2 aromatic rings. The Bertz CT molecular complexity index is 1330. The molecule has 1 amide bonds. The van der Waals surface area contributed by atoms with Gasteiger partial charge in [-0.15, -0.1) is 0 Å². The lowest BCUT2D eigenvalue weighted by atomic mass is 9.68. The van der Waals surface area contributed by atoms with Gasteiger partial charge in [0.15, 0.2) is 11.6 Å². The summed E-state index contributed by atoms with van der Waals surface area (Å²) in [6, 6.07) is 10.9. The fourth-order valence-corrected chi connectivity index (χ4v) is 5.32. The van der Waals surface area contributed by atoms with E-state index >= 15 is 0 Å². The van der Waals surface area contributed by atoms with Gasteiger partial charge >= 0.3 is 0 Å². The zero-order valence-corrected chi connectivity index (χ0v) is 19.7. The summed E-state index contributed by atoms with van der Waals surface area (Å²) in [4.78, 5) is 25.8. The summed E-state index contributed by atoms with van der Waals surface area (Å²) in [5, 5.41) is 9.47. The number of ether oxygens (including phenoxy) is 3. The van der Waals surface area contributed by atoms with E-state index in [0.29, 0.717) is 47.6 Å². The molecule has 2 N–H and O–H groups in total. The molecule has 1 aliphatic heterocycles. The number of nitrogens with two attached hydrogens (primary N) is 1. The van der Waals surface area contributed by atoms with Crippen LogP contribution < -0.4 is 10.5 Å². The van der Waals surface area contributed by atoms with Gasteiger partial charge in [0.05, 0.1) is 23.8 Å². The van der Waals surface area contributed by atoms with Crippen molar-refractivity contribution in [3.8, 4) is 11.8 Å². The topological polar surface area (TPSA) is 112 Å². The summed E-state index contributed by atoms with van der Waals surface area (Å²) in [5.74, 6) is -0.720. The Balaban J connectivity index is 1.50. The van der Waals surface area contributed by atoms with Gasteiger partial charge in [-0.1, -0.05) is 19.9 Å². The third-order valence-corrected chi connectivity index (χ3v) is 7.00. The highest BCUT2D eigenvalue weighted by molar-refractivity contribution is 6.33. The molecule has 0 radical (unpaired) electrons. The van der Waals surface area contributed by atoms with Crippen molar-refractivity contribution in [3.05, 3.63) is 69.3 Å². The summed E-state index contributed by atoms with van der Waals surface area (Å²) in [6.45, 7) is 8.67. The zero-order chi connectivity index (χ0) is 24.4. The first-order chi connectivity index (χ1) is 16.0. The van der Waals surface area contributed by atoms with E-state index in [0.717, 1.165) is 11.1 Å². The highest BCUT2D eigenvalue weighted by Gasteiger charge is 2.44. The number of nitriles is 1. The molecule has 174 valence electrons. The maximum Gasteiger partial charge on any atom is 0.250 e. The molecule has 1 heterocycles. The average molecular weight is 459 g/mol. The first-order valence-electron chi connectivity index (χ1n) is 11.3. The number of nitrogens with zero attached hydrogens (tertiary/aromatic N) is 1. The summed E-state index contributed by atoms with van der Waals surface area (Å²) < 4.78 is 17.4. The molecule has 0 aromatic heterocycles. The first kappa shape index (κ1) is 22.3. The summed E-state index contributed by atoms with van der Waals surface area (Å²) in [5.41, 5.74) is 9.91. The Morgan fingerprint density at radius 2 is 1.94 bits per heavy atom. The van der Waals surface area contributed by atoms with Crippen LogP contribution >= 0.6 is 0 Å². The number of Topliss-reactive ketones (excluding diaryl/α,β-unsaturated/α-hetero) is 1. The maximum atomic E-state index is 13.6. The van der Waals surface area contributed by atoms with Crippen LogP contribution in [0.25, 0.3) is 5.57 Å². The van der Waals surface area contributed by atoms with E-state index < -0.39 is 17.1 Å². The highest BCUT2D eigenvalue weighted by atomic mass is 16.7. The lowest BCUT2D eigenvalue weighted by molar-refractivity contribution is -0.141. The number of ketones is 1. The Morgan fingerprint density at radius 1 is 1.21 bits per heavy atom. The number of benzene rings is 2. The summed E-state index contributed by atoms with van der Waals surface area (Å²) in [7, 11) is 0. The molecular weight excluding hydrogens is 432 g/mol. The number of primary amides is 1. The summed E-state index contributed by atoms with van der Waals surface area (Å²) >= 11 is 0. The minimum atomic E-state index is -0.659. The Hall–Kier alpha value is -3.47. The van der Waals surface area contributed by atoms with Gasteiger partial charge in [0.2, 0.25) is 5.91 Å². The van der Waals surface area contributed by atoms with Crippen LogP contribution in [-0.4, -0.2) is 36.8 Å². The molecule has 5 rings (SSSR count). The molecule has 1 saturated heterocycles. The quantitative estimate of drug-likeness (QED) is 0.748. The zero-order valence-electron chi connectivity index (χ0n) is 19.7. The lowest BCUT2D eigenvalue weighted by Crippen LogP contribution is -2.30. The molecule has 34 heavy (non-hydrogen) atoms. The third-order valence-electron chi connectivity index (χ3n) is 7.00. The van der Waals surface area contributed by atoms with E-state index in [1.807, 2.05) is 26.0 Å². The normalized spacial score (nSPS) is 21.5. The SMILES string of the molecule is CC1(C)OC[C@H](COc2ccc3c(c2)C(C)(C)C2=C(C3=O)c3ccc(C#N)c(C(N)=O)c3C2)O1. The van der Waals surface area contributed by atoms with E-state index in [2.05, 4.69) is 13.8 Å². The molecule has 3 aliphatic rings. The molecule has 7 heteroatoms. The second-order valence-electron chi connectivity index (χ2n) is 9.94. The van der Waals surface area contributed by atoms with Crippen LogP contribution in [0.15, 0.2) is 35.9 Å². The predicted octanol–water partition coefficient (Wildman–Crippen LogP) is 3.67. The van der Waals surface area contributed by atoms with Crippen molar-refractivity contribution in [2.45, 2.75) is 51.4 Å². The van der Waals surface area contributed by atoms with Crippen molar-refractivity contribution in [2.75, 3.05) is 13.2 Å². The van der Waals surface area contributed by atoms with Gasteiger partial charge in [-0.3, -0.25) is 9.59 Å². The molecule has 0 saturated carbocycles.